The van der Waals surface area contributed by atoms with Crippen LogP contribution in [0.1, 0.15) is 30.1 Å². The third kappa shape index (κ3) is 5.41. The first-order chi connectivity index (χ1) is 13.9. The van der Waals surface area contributed by atoms with Gasteiger partial charge in [-0.05, 0) is 48.9 Å². The molecule has 1 fully saturated rings. The molecule has 0 spiro atoms. The van der Waals surface area contributed by atoms with Gasteiger partial charge in [0, 0.05) is 37.0 Å². The van der Waals surface area contributed by atoms with E-state index in [1.165, 1.54) is 6.92 Å². The first-order valence-electron chi connectivity index (χ1n) is 9.17. The minimum atomic E-state index is -0.633. The smallest absolute Gasteiger partial charge is 0.338 e. The molecule has 1 heterocycles. The molecule has 0 saturated carbocycles. The number of carbonyl (C=O) groups is 4. The van der Waals surface area contributed by atoms with Crippen molar-refractivity contribution < 1.29 is 23.9 Å². The Hall–Kier alpha value is -3.68. The summed E-state index contributed by atoms with van der Waals surface area (Å²) < 4.78 is 5.04. The normalized spacial score (nSPS) is 13.1. The molecule has 150 valence electrons. The lowest BCUT2D eigenvalue weighted by Gasteiger charge is -2.15. The Labute approximate surface area is 167 Å². The Kier molecular flexibility index (Phi) is 6.23. The van der Waals surface area contributed by atoms with Gasteiger partial charge < -0.3 is 20.3 Å². The molecule has 3 rings (SSSR count). The third-order valence-electron chi connectivity index (χ3n) is 4.29. The molecule has 0 radical (unpaired) electrons. The summed E-state index contributed by atoms with van der Waals surface area (Å²) in [5.41, 5.74) is 2.04. The Morgan fingerprint density at radius 2 is 1.72 bits per heavy atom. The first kappa shape index (κ1) is 20.1. The molecular formula is C21H21N3O5. The highest BCUT2D eigenvalue weighted by Gasteiger charge is 2.21. The van der Waals surface area contributed by atoms with Gasteiger partial charge in [0.05, 0.1) is 5.56 Å². The average Bonchev–Trinajstić information content (AvgIpc) is 3.12. The maximum atomic E-state index is 12.1. The highest BCUT2D eigenvalue weighted by atomic mass is 16.5. The SMILES string of the molecule is CC(=O)Nc1cccc(NC(=O)COC(=O)c2ccc(N3CCCC3=O)cc2)c1. The second kappa shape index (κ2) is 9.01. The van der Waals surface area contributed by atoms with Gasteiger partial charge in [0.1, 0.15) is 0 Å². The molecule has 0 aliphatic carbocycles. The van der Waals surface area contributed by atoms with Gasteiger partial charge >= 0.3 is 5.97 Å². The van der Waals surface area contributed by atoms with Crippen LogP contribution in [0.25, 0.3) is 0 Å². The van der Waals surface area contributed by atoms with E-state index in [9.17, 15) is 19.2 Å². The van der Waals surface area contributed by atoms with Crippen molar-refractivity contribution in [2.24, 2.45) is 0 Å². The Morgan fingerprint density at radius 1 is 1.03 bits per heavy atom. The quantitative estimate of drug-likeness (QED) is 0.732. The Bertz CT molecular complexity index is 940. The zero-order chi connectivity index (χ0) is 20.8. The number of esters is 1. The van der Waals surface area contributed by atoms with Crippen LogP contribution >= 0.6 is 0 Å². The lowest BCUT2D eigenvalue weighted by molar-refractivity contribution is -0.119. The third-order valence-corrected chi connectivity index (χ3v) is 4.29. The summed E-state index contributed by atoms with van der Waals surface area (Å²) in [6.07, 6.45) is 1.36. The van der Waals surface area contributed by atoms with Crippen molar-refractivity contribution >= 4 is 40.8 Å². The molecule has 1 aliphatic rings. The molecule has 2 aromatic carbocycles. The molecule has 2 aromatic rings. The van der Waals surface area contributed by atoms with Crippen LogP contribution in [0.3, 0.4) is 0 Å². The molecule has 1 aliphatic heterocycles. The van der Waals surface area contributed by atoms with E-state index >= 15 is 0 Å². The minimum Gasteiger partial charge on any atom is -0.452 e. The van der Waals surface area contributed by atoms with Crippen LogP contribution in [0.5, 0.6) is 0 Å². The molecule has 0 atom stereocenters. The molecule has 8 heteroatoms. The number of rotatable bonds is 6. The summed E-state index contributed by atoms with van der Waals surface area (Å²) in [5.74, 6) is -1.29. The molecule has 0 aromatic heterocycles. The van der Waals surface area contributed by atoms with E-state index in [0.29, 0.717) is 29.9 Å². The second-order valence-electron chi connectivity index (χ2n) is 6.58. The molecular weight excluding hydrogens is 374 g/mol. The van der Waals surface area contributed by atoms with Gasteiger partial charge in [0.2, 0.25) is 11.8 Å². The molecule has 8 nitrogen and oxygen atoms in total. The van der Waals surface area contributed by atoms with Crippen molar-refractivity contribution in [2.45, 2.75) is 19.8 Å². The van der Waals surface area contributed by atoms with Gasteiger partial charge in [-0.15, -0.1) is 0 Å². The number of anilines is 3. The summed E-state index contributed by atoms with van der Waals surface area (Å²) in [4.78, 5) is 48.7. The predicted octanol–water partition coefficient (Wildman–Crippen LogP) is 2.57. The maximum Gasteiger partial charge on any atom is 0.338 e. The van der Waals surface area contributed by atoms with Crippen LogP contribution in [0.15, 0.2) is 48.5 Å². The number of ether oxygens (including phenoxy) is 1. The van der Waals surface area contributed by atoms with E-state index in [4.69, 9.17) is 4.74 Å². The lowest BCUT2D eigenvalue weighted by atomic mass is 10.2. The van der Waals surface area contributed by atoms with Crippen molar-refractivity contribution in [3.05, 3.63) is 54.1 Å². The lowest BCUT2D eigenvalue weighted by Crippen LogP contribution is -2.23. The van der Waals surface area contributed by atoms with Crippen LogP contribution in [-0.2, 0) is 19.1 Å². The van der Waals surface area contributed by atoms with Crippen molar-refractivity contribution in [1.29, 1.82) is 0 Å². The van der Waals surface area contributed by atoms with E-state index in [0.717, 1.165) is 12.1 Å². The van der Waals surface area contributed by atoms with Gasteiger partial charge in [-0.3, -0.25) is 14.4 Å². The number of nitrogens with zero attached hydrogens (tertiary/aromatic N) is 1. The number of hydrogen-bond donors (Lipinski definition) is 2. The molecule has 29 heavy (non-hydrogen) atoms. The van der Waals surface area contributed by atoms with E-state index in [-0.39, 0.29) is 11.8 Å². The van der Waals surface area contributed by atoms with E-state index in [1.54, 1.807) is 53.4 Å². The zero-order valence-electron chi connectivity index (χ0n) is 15.9. The van der Waals surface area contributed by atoms with Crippen molar-refractivity contribution in [1.82, 2.24) is 0 Å². The summed E-state index contributed by atoms with van der Waals surface area (Å²) >= 11 is 0. The molecule has 3 amide bonds. The molecule has 0 unspecified atom stereocenters. The standard InChI is InChI=1S/C21H21N3O5/c1-14(25)22-16-4-2-5-17(12-16)23-19(26)13-29-21(28)15-7-9-18(10-8-15)24-11-3-6-20(24)27/h2,4-5,7-10,12H,3,6,11,13H2,1H3,(H,22,25)(H,23,26). The van der Waals surface area contributed by atoms with Crippen LogP contribution in [-0.4, -0.2) is 36.8 Å². The molecule has 2 N–H and O–H groups in total. The highest BCUT2D eigenvalue weighted by molar-refractivity contribution is 5.98. The van der Waals surface area contributed by atoms with E-state index in [2.05, 4.69) is 10.6 Å². The van der Waals surface area contributed by atoms with Crippen LogP contribution in [0.4, 0.5) is 17.1 Å². The Morgan fingerprint density at radius 3 is 2.34 bits per heavy atom. The average molecular weight is 395 g/mol. The number of benzene rings is 2. The number of carbonyl (C=O) groups excluding carboxylic acids is 4. The highest BCUT2D eigenvalue weighted by Crippen LogP contribution is 2.22. The Balaban J connectivity index is 1.51. The summed E-state index contributed by atoms with van der Waals surface area (Å²) in [7, 11) is 0. The fourth-order valence-electron chi connectivity index (χ4n) is 2.99. The van der Waals surface area contributed by atoms with E-state index in [1.807, 2.05) is 0 Å². The largest absolute Gasteiger partial charge is 0.452 e. The van der Waals surface area contributed by atoms with Crippen LogP contribution < -0.4 is 15.5 Å². The fraction of sp³-hybridized carbons (Fsp3) is 0.238. The van der Waals surface area contributed by atoms with Crippen molar-refractivity contribution in [3.8, 4) is 0 Å². The van der Waals surface area contributed by atoms with Gasteiger partial charge in [-0.1, -0.05) is 6.07 Å². The van der Waals surface area contributed by atoms with E-state index < -0.39 is 18.5 Å². The van der Waals surface area contributed by atoms with Crippen molar-refractivity contribution in [2.75, 3.05) is 28.7 Å². The number of amides is 3. The fourth-order valence-corrected chi connectivity index (χ4v) is 2.99. The number of hydrogen-bond acceptors (Lipinski definition) is 5. The molecule has 1 saturated heterocycles. The first-order valence-corrected chi connectivity index (χ1v) is 9.17. The maximum absolute atomic E-state index is 12.1. The zero-order valence-corrected chi connectivity index (χ0v) is 15.9. The molecule has 0 bridgehead atoms. The van der Waals surface area contributed by atoms with Gasteiger partial charge in [0.15, 0.2) is 6.61 Å². The predicted molar refractivity (Wildman–Crippen MR) is 108 cm³/mol. The summed E-state index contributed by atoms with van der Waals surface area (Å²) in [6, 6.07) is 13.1. The number of nitrogens with one attached hydrogen (secondary N) is 2. The summed E-state index contributed by atoms with van der Waals surface area (Å²) in [6.45, 7) is 1.61. The van der Waals surface area contributed by atoms with Crippen LogP contribution in [0, 0.1) is 0 Å². The van der Waals surface area contributed by atoms with Gasteiger partial charge in [-0.25, -0.2) is 4.79 Å². The monoisotopic (exact) mass is 395 g/mol. The van der Waals surface area contributed by atoms with Gasteiger partial charge in [-0.2, -0.15) is 0 Å². The topological polar surface area (TPSA) is 105 Å². The van der Waals surface area contributed by atoms with Crippen molar-refractivity contribution in [3.63, 3.8) is 0 Å². The van der Waals surface area contributed by atoms with Crippen LogP contribution in [0.2, 0.25) is 0 Å². The summed E-state index contributed by atoms with van der Waals surface area (Å²) in [5, 5.41) is 5.22. The second-order valence-corrected chi connectivity index (χ2v) is 6.58. The minimum absolute atomic E-state index is 0.0690. The van der Waals surface area contributed by atoms with Gasteiger partial charge in [0.25, 0.3) is 5.91 Å².